The molecule has 7 heteroatoms. The maximum absolute atomic E-state index is 14.0. The van der Waals surface area contributed by atoms with E-state index < -0.39 is 5.92 Å². The van der Waals surface area contributed by atoms with E-state index in [4.69, 9.17) is 28.9 Å². The van der Waals surface area contributed by atoms with Crippen molar-refractivity contribution in [1.29, 1.82) is 5.26 Å². The summed E-state index contributed by atoms with van der Waals surface area (Å²) in [4.78, 5) is 17.0. The number of anilines is 1. The summed E-state index contributed by atoms with van der Waals surface area (Å²) in [6.45, 7) is 10.4. The number of aryl methyl sites for hydroxylation is 2. The number of nitriles is 1. The van der Waals surface area contributed by atoms with Gasteiger partial charge in [0.1, 0.15) is 5.82 Å². The molecule has 1 aliphatic carbocycles. The van der Waals surface area contributed by atoms with Crippen molar-refractivity contribution in [2.24, 2.45) is 11.1 Å². The molecule has 0 spiro atoms. The molecule has 1 aliphatic heterocycles. The van der Waals surface area contributed by atoms with Crippen LogP contribution in [0.25, 0.3) is 0 Å². The highest BCUT2D eigenvalue weighted by atomic mass is 35.5. The summed E-state index contributed by atoms with van der Waals surface area (Å²) in [6, 6.07) is 20.4. The van der Waals surface area contributed by atoms with Gasteiger partial charge >= 0.3 is 0 Å². The molecule has 3 aromatic rings. The molecule has 5 rings (SSSR count). The molecule has 0 radical (unpaired) electrons. The minimum Gasteiger partial charge on any atom is -0.384 e. The Morgan fingerprint density at radius 3 is 2.39 bits per heavy atom. The molecular weight excluding hydrogens is 569 g/mol. The van der Waals surface area contributed by atoms with E-state index in [1.54, 1.807) is 34.9 Å². The Hall–Kier alpha value is -3.17. The van der Waals surface area contributed by atoms with Crippen molar-refractivity contribution in [3.8, 4) is 6.07 Å². The molecule has 0 amide bonds. The molecule has 41 heavy (non-hydrogen) atoms. The molecule has 3 aromatic carbocycles. The predicted octanol–water partition coefficient (Wildman–Crippen LogP) is 9.15. The van der Waals surface area contributed by atoms with E-state index in [0.29, 0.717) is 45.5 Å². The maximum Gasteiger partial charge on any atom is 0.162 e. The zero-order valence-corrected chi connectivity index (χ0v) is 26.3. The largest absolute Gasteiger partial charge is 0.384 e. The number of benzene rings is 3. The van der Waals surface area contributed by atoms with E-state index in [1.807, 2.05) is 0 Å². The molecule has 2 aliphatic rings. The predicted molar refractivity (Wildman–Crippen MR) is 170 cm³/mol. The van der Waals surface area contributed by atoms with Gasteiger partial charge in [-0.05, 0) is 79.6 Å². The van der Waals surface area contributed by atoms with E-state index in [0.717, 1.165) is 28.1 Å². The fraction of sp³-hybridized carbons (Fsp3) is 0.294. The number of nitrogens with two attached hydrogens (primary N) is 1. The summed E-state index contributed by atoms with van der Waals surface area (Å²) in [5.41, 5.74) is 14.5. The van der Waals surface area contributed by atoms with Crippen molar-refractivity contribution < 1.29 is 4.79 Å². The molecule has 1 unspecified atom stereocenters. The number of halogens is 2. The number of Topliss-reactive ketones (excluding diaryl/α,β-unsaturated/α-hetero) is 1. The number of rotatable bonds is 5. The molecule has 0 fully saturated rings. The Morgan fingerprint density at radius 2 is 1.73 bits per heavy atom. The Bertz CT molecular complexity index is 1660. The summed E-state index contributed by atoms with van der Waals surface area (Å²) < 4.78 is 0. The molecule has 210 valence electrons. The molecule has 0 saturated heterocycles. The highest BCUT2D eigenvalue weighted by molar-refractivity contribution is 7.98. The van der Waals surface area contributed by atoms with E-state index in [9.17, 15) is 10.1 Å². The smallest absolute Gasteiger partial charge is 0.162 e. The number of hydrogen-bond donors (Lipinski definition) is 1. The normalized spacial score (nSPS) is 18.4. The van der Waals surface area contributed by atoms with Gasteiger partial charge in [0.15, 0.2) is 5.78 Å². The second kappa shape index (κ2) is 11.2. The lowest BCUT2D eigenvalue weighted by atomic mass is 9.68. The zero-order chi connectivity index (χ0) is 29.6. The third-order valence-corrected chi connectivity index (χ3v) is 9.56. The van der Waals surface area contributed by atoms with Crippen LogP contribution in [0.3, 0.4) is 0 Å². The molecule has 1 atom stereocenters. The molecule has 4 nitrogen and oxygen atoms in total. The monoisotopic (exact) mass is 601 g/mol. The Kier molecular flexibility index (Phi) is 8.05. The van der Waals surface area contributed by atoms with Gasteiger partial charge in [0.05, 0.1) is 28.3 Å². The van der Waals surface area contributed by atoms with Gasteiger partial charge in [0.25, 0.3) is 0 Å². The van der Waals surface area contributed by atoms with Gasteiger partial charge in [-0.15, -0.1) is 11.8 Å². The second-order valence-electron chi connectivity index (χ2n) is 11.8. The van der Waals surface area contributed by atoms with Gasteiger partial charge in [-0.3, -0.25) is 9.69 Å². The Labute approximate surface area is 256 Å². The van der Waals surface area contributed by atoms with Gasteiger partial charge in [0.2, 0.25) is 0 Å². The molecule has 0 bridgehead atoms. The van der Waals surface area contributed by atoms with E-state index in [-0.39, 0.29) is 11.2 Å². The molecular formula is C34H33Cl2N3OS. The van der Waals surface area contributed by atoms with Crippen molar-refractivity contribution in [2.45, 2.75) is 64.0 Å². The van der Waals surface area contributed by atoms with E-state index in [1.165, 1.54) is 16.0 Å². The quantitative estimate of drug-likeness (QED) is 0.295. The minimum absolute atomic E-state index is 0.0353. The van der Waals surface area contributed by atoms with Crippen LogP contribution in [0.5, 0.6) is 0 Å². The third-order valence-electron chi connectivity index (χ3n) is 7.96. The van der Waals surface area contributed by atoms with Crippen molar-refractivity contribution >= 4 is 46.4 Å². The fourth-order valence-corrected chi connectivity index (χ4v) is 7.41. The summed E-state index contributed by atoms with van der Waals surface area (Å²) in [7, 11) is 0. The lowest BCUT2D eigenvalue weighted by Crippen LogP contribution is -2.42. The van der Waals surface area contributed by atoms with Crippen molar-refractivity contribution in [3.63, 3.8) is 0 Å². The van der Waals surface area contributed by atoms with Crippen LogP contribution in [0.2, 0.25) is 10.0 Å². The van der Waals surface area contributed by atoms with Crippen LogP contribution in [0.15, 0.2) is 82.2 Å². The number of ketones is 1. The summed E-state index contributed by atoms with van der Waals surface area (Å²) in [5.74, 6) is 0.552. The Balaban J connectivity index is 1.68. The van der Waals surface area contributed by atoms with E-state index in [2.05, 4.69) is 77.1 Å². The van der Waals surface area contributed by atoms with Gasteiger partial charge < -0.3 is 5.73 Å². The summed E-state index contributed by atoms with van der Waals surface area (Å²) in [6.07, 6.45) is 1.01. The number of hydrogen-bond acceptors (Lipinski definition) is 5. The van der Waals surface area contributed by atoms with Crippen LogP contribution >= 0.6 is 35.0 Å². The first kappa shape index (κ1) is 29.3. The van der Waals surface area contributed by atoms with Gasteiger partial charge in [-0.25, -0.2) is 0 Å². The van der Waals surface area contributed by atoms with E-state index >= 15 is 0 Å². The lowest BCUT2D eigenvalue weighted by Gasteiger charge is -2.44. The number of thioether (sulfide) groups is 1. The van der Waals surface area contributed by atoms with Gasteiger partial charge in [0, 0.05) is 33.4 Å². The number of carbonyl (C=O) groups excluding carboxylic acids is 1. The fourth-order valence-electron chi connectivity index (χ4n) is 5.97. The average molecular weight is 603 g/mol. The van der Waals surface area contributed by atoms with Crippen LogP contribution in [0.4, 0.5) is 5.69 Å². The molecule has 0 aromatic heterocycles. The summed E-state index contributed by atoms with van der Waals surface area (Å²) in [5, 5.41) is 11.4. The van der Waals surface area contributed by atoms with Crippen LogP contribution < -0.4 is 10.6 Å². The van der Waals surface area contributed by atoms with Crippen LogP contribution in [0.1, 0.15) is 60.4 Å². The maximum atomic E-state index is 14.0. The first-order valence-corrected chi connectivity index (χ1v) is 15.3. The molecule has 2 N–H and O–H groups in total. The van der Waals surface area contributed by atoms with Crippen LogP contribution in [0, 0.1) is 37.5 Å². The standard InChI is InChI=1S/C34H33Cl2N3OS/c1-19-6-9-24(10-7-19)41-18-22-12-20(2)13-25(21(22)3)31-26(17-37)33(38)39(28-11-8-23(35)14-27(28)36)29-15-34(4,5)16-30(40)32(29)31/h6-14,31H,15-16,18,38H2,1-5H3. The number of allylic oxidation sites excluding steroid dienone is 3. The van der Waals surface area contributed by atoms with Crippen molar-refractivity contribution in [3.05, 3.63) is 115 Å². The first-order chi connectivity index (χ1) is 19.4. The average Bonchev–Trinajstić information content (AvgIpc) is 2.89. The van der Waals surface area contributed by atoms with Gasteiger partial charge in [-0.1, -0.05) is 72.4 Å². The molecule has 0 saturated carbocycles. The minimum atomic E-state index is -0.552. The van der Waals surface area contributed by atoms with Crippen LogP contribution in [-0.2, 0) is 10.5 Å². The summed E-state index contributed by atoms with van der Waals surface area (Å²) >= 11 is 14.7. The second-order valence-corrected chi connectivity index (χ2v) is 13.7. The number of nitrogens with zero attached hydrogens (tertiary/aromatic N) is 2. The molecule has 1 heterocycles. The van der Waals surface area contributed by atoms with Crippen molar-refractivity contribution in [1.82, 2.24) is 0 Å². The highest BCUT2D eigenvalue weighted by Crippen LogP contribution is 2.52. The van der Waals surface area contributed by atoms with Crippen LogP contribution in [-0.4, -0.2) is 5.78 Å². The SMILES string of the molecule is Cc1ccc(SCc2cc(C)cc(C3C(C#N)=C(N)N(c4ccc(Cl)cc4Cl)C4=C3C(=O)CC(C)(C)C4)c2C)cc1. The zero-order valence-electron chi connectivity index (χ0n) is 23.9. The lowest BCUT2D eigenvalue weighted by molar-refractivity contribution is -0.118. The topological polar surface area (TPSA) is 70.1 Å². The Morgan fingerprint density at radius 1 is 1.02 bits per heavy atom. The highest BCUT2D eigenvalue weighted by Gasteiger charge is 2.45. The number of carbonyl (C=O) groups is 1. The van der Waals surface area contributed by atoms with Crippen molar-refractivity contribution in [2.75, 3.05) is 4.90 Å². The first-order valence-electron chi connectivity index (χ1n) is 13.6. The third kappa shape index (κ3) is 5.66. The van der Waals surface area contributed by atoms with Gasteiger partial charge in [-0.2, -0.15) is 5.26 Å².